The molecule has 0 unspecified atom stereocenters. The van der Waals surface area contributed by atoms with Crippen molar-refractivity contribution >= 4 is 22.7 Å². The molecule has 24 heavy (non-hydrogen) atoms. The first-order valence-corrected chi connectivity index (χ1v) is 8.20. The number of aromatic nitrogens is 2. The first-order chi connectivity index (χ1) is 11.4. The van der Waals surface area contributed by atoms with Gasteiger partial charge in [-0.05, 0) is 50.5 Å². The molecule has 3 aromatic rings. The van der Waals surface area contributed by atoms with Gasteiger partial charge < -0.3 is 9.73 Å². The molecule has 0 saturated carbocycles. The Hall–Kier alpha value is -2.56. The van der Waals surface area contributed by atoms with E-state index >= 15 is 0 Å². The molecule has 0 saturated heterocycles. The van der Waals surface area contributed by atoms with Gasteiger partial charge in [0.15, 0.2) is 0 Å². The van der Waals surface area contributed by atoms with Crippen LogP contribution in [-0.2, 0) is 24.7 Å². The van der Waals surface area contributed by atoms with Crippen LogP contribution in [0.25, 0.3) is 11.0 Å². The van der Waals surface area contributed by atoms with Crippen LogP contribution >= 0.6 is 0 Å². The zero-order chi connectivity index (χ0) is 17.4. The Bertz CT molecular complexity index is 918. The van der Waals surface area contributed by atoms with E-state index in [2.05, 4.69) is 37.3 Å². The molecular formula is C19H23N3O2. The topological polar surface area (TPSA) is 60.1 Å². The summed E-state index contributed by atoms with van der Waals surface area (Å²) >= 11 is 0. The fourth-order valence-corrected chi connectivity index (χ4v) is 3.10. The number of nitrogens with one attached hydrogen (secondary N) is 1. The third kappa shape index (κ3) is 2.82. The van der Waals surface area contributed by atoms with Crippen LogP contribution < -0.4 is 5.32 Å². The molecule has 2 aromatic heterocycles. The second-order valence-corrected chi connectivity index (χ2v) is 6.31. The number of fused-ring (bicyclic) bond motifs is 1. The zero-order valence-electron chi connectivity index (χ0n) is 14.9. The smallest absolute Gasteiger partial charge is 0.230 e. The van der Waals surface area contributed by atoms with Crippen molar-refractivity contribution in [2.24, 2.45) is 7.05 Å². The number of furan rings is 1. The van der Waals surface area contributed by atoms with Crippen molar-refractivity contribution in [1.29, 1.82) is 0 Å². The van der Waals surface area contributed by atoms with Gasteiger partial charge in [-0.3, -0.25) is 9.48 Å². The molecule has 0 radical (unpaired) electrons. The summed E-state index contributed by atoms with van der Waals surface area (Å²) in [5.41, 5.74) is 6.14. The largest absolute Gasteiger partial charge is 0.464 e. The van der Waals surface area contributed by atoms with Gasteiger partial charge >= 0.3 is 0 Å². The van der Waals surface area contributed by atoms with Crippen molar-refractivity contribution in [2.45, 2.75) is 40.5 Å². The fraction of sp³-hybridized carbons (Fsp3) is 0.368. The summed E-state index contributed by atoms with van der Waals surface area (Å²) in [5, 5.41) is 8.39. The van der Waals surface area contributed by atoms with Gasteiger partial charge in [-0.2, -0.15) is 5.10 Å². The van der Waals surface area contributed by atoms with Crippen LogP contribution in [0.15, 0.2) is 22.8 Å². The van der Waals surface area contributed by atoms with Crippen LogP contribution in [0, 0.1) is 20.8 Å². The number of amides is 1. The normalized spacial score (nSPS) is 11.2. The molecule has 2 heterocycles. The number of anilines is 1. The molecule has 126 valence electrons. The quantitative estimate of drug-likeness (QED) is 0.793. The van der Waals surface area contributed by atoms with Crippen LogP contribution in [0.1, 0.15) is 34.9 Å². The third-order valence-electron chi connectivity index (χ3n) is 4.58. The average Bonchev–Trinajstić information content (AvgIpc) is 3.01. The standard InChI is InChI=1S/C19H23N3O2/c1-6-15-13(4)21-22(5)19(15)20-18(23)9-14-10-24-17-8-12(3)11(2)7-16(14)17/h7-8,10H,6,9H2,1-5H3,(H,20,23). The Morgan fingerprint density at radius 3 is 2.67 bits per heavy atom. The zero-order valence-corrected chi connectivity index (χ0v) is 14.9. The van der Waals surface area contributed by atoms with Gasteiger partial charge in [0.1, 0.15) is 11.4 Å². The number of rotatable bonds is 4. The Balaban J connectivity index is 1.85. The number of aryl methyl sites for hydroxylation is 4. The molecule has 1 aromatic carbocycles. The molecular weight excluding hydrogens is 302 g/mol. The maximum absolute atomic E-state index is 12.5. The average molecular weight is 325 g/mol. The lowest BCUT2D eigenvalue weighted by atomic mass is 10.0. The highest BCUT2D eigenvalue weighted by Crippen LogP contribution is 2.26. The van der Waals surface area contributed by atoms with E-state index in [0.717, 1.165) is 40.0 Å². The Kier molecular flexibility index (Phi) is 4.18. The van der Waals surface area contributed by atoms with Gasteiger partial charge in [0.05, 0.1) is 18.4 Å². The second-order valence-electron chi connectivity index (χ2n) is 6.31. The first-order valence-electron chi connectivity index (χ1n) is 8.20. The highest BCUT2D eigenvalue weighted by Gasteiger charge is 2.16. The highest BCUT2D eigenvalue weighted by atomic mass is 16.3. The lowest BCUT2D eigenvalue weighted by molar-refractivity contribution is -0.115. The third-order valence-corrected chi connectivity index (χ3v) is 4.58. The van der Waals surface area contributed by atoms with Crippen molar-refractivity contribution in [2.75, 3.05) is 5.32 Å². The Morgan fingerprint density at radius 1 is 1.25 bits per heavy atom. The minimum Gasteiger partial charge on any atom is -0.464 e. The van der Waals surface area contributed by atoms with Crippen LogP contribution in [0.4, 0.5) is 5.82 Å². The molecule has 0 atom stereocenters. The lowest BCUT2D eigenvalue weighted by Gasteiger charge is -2.07. The monoisotopic (exact) mass is 325 g/mol. The summed E-state index contributed by atoms with van der Waals surface area (Å²) in [6, 6.07) is 4.11. The van der Waals surface area contributed by atoms with Crippen molar-refractivity contribution in [3.63, 3.8) is 0 Å². The second kappa shape index (κ2) is 6.15. The molecule has 1 amide bonds. The summed E-state index contributed by atoms with van der Waals surface area (Å²) in [7, 11) is 1.85. The van der Waals surface area contributed by atoms with Crippen LogP contribution in [0.2, 0.25) is 0 Å². The van der Waals surface area contributed by atoms with Crippen LogP contribution in [0.3, 0.4) is 0 Å². The predicted octanol–water partition coefficient (Wildman–Crippen LogP) is 3.84. The van der Waals surface area contributed by atoms with Crippen LogP contribution in [-0.4, -0.2) is 15.7 Å². The number of carbonyl (C=O) groups excluding carboxylic acids is 1. The van der Waals surface area contributed by atoms with Gasteiger partial charge in [0.25, 0.3) is 0 Å². The minimum absolute atomic E-state index is 0.0615. The number of nitrogens with zero attached hydrogens (tertiary/aromatic N) is 2. The number of hydrogen-bond donors (Lipinski definition) is 1. The maximum atomic E-state index is 12.5. The summed E-state index contributed by atoms with van der Waals surface area (Å²) in [6.45, 7) is 8.15. The molecule has 0 aliphatic heterocycles. The highest BCUT2D eigenvalue weighted by molar-refractivity contribution is 5.95. The Labute approximate surface area is 141 Å². The van der Waals surface area contributed by atoms with Gasteiger partial charge in [0, 0.05) is 23.6 Å². The van der Waals surface area contributed by atoms with E-state index < -0.39 is 0 Å². The molecule has 3 rings (SSSR count). The van der Waals surface area contributed by atoms with Gasteiger partial charge in [0.2, 0.25) is 5.91 Å². The van der Waals surface area contributed by atoms with Gasteiger partial charge in [-0.25, -0.2) is 0 Å². The molecule has 5 heteroatoms. The molecule has 0 aliphatic rings. The molecule has 0 bridgehead atoms. The van der Waals surface area contributed by atoms with E-state index in [0.29, 0.717) is 0 Å². The molecule has 0 aliphatic carbocycles. The molecule has 5 nitrogen and oxygen atoms in total. The summed E-state index contributed by atoms with van der Waals surface area (Å²) < 4.78 is 7.34. The van der Waals surface area contributed by atoms with Crippen LogP contribution in [0.5, 0.6) is 0 Å². The van der Waals surface area contributed by atoms with E-state index in [1.807, 2.05) is 20.0 Å². The number of carbonyl (C=O) groups is 1. The van der Waals surface area contributed by atoms with Gasteiger partial charge in [-0.15, -0.1) is 0 Å². The van der Waals surface area contributed by atoms with Gasteiger partial charge in [-0.1, -0.05) is 6.92 Å². The predicted molar refractivity (Wildman–Crippen MR) is 95.3 cm³/mol. The van der Waals surface area contributed by atoms with E-state index in [9.17, 15) is 4.79 Å². The van der Waals surface area contributed by atoms with Crippen molar-refractivity contribution in [1.82, 2.24) is 9.78 Å². The fourth-order valence-electron chi connectivity index (χ4n) is 3.10. The first kappa shape index (κ1) is 16.3. The van der Waals surface area contributed by atoms with Crippen molar-refractivity contribution < 1.29 is 9.21 Å². The lowest BCUT2D eigenvalue weighted by Crippen LogP contribution is -2.17. The van der Waals surface area contributed by atoms with Crippen molar-refractivity contribution in [3.8, 4) is 0 Å². The van der Waals surface area contributed by atoms with Crippen molar-refractivity contribution in [3.05, 3.63) is 46.3 Å². The molecule has 1 N–H and O–H groups in total. The molecule has 0 spiro atoms. The van der Waals surface area contributed by atoms with E-state index in [1.54, 1.807) is 10.9 Å². The Morgan fingerprint density at radius 2 is 1.96 bits per heavy atom. The minimum atomic E-state index is -0.0615. The van der Waals surface area contributed by atoms with E-state index in [1.165, 1.54) is 11.1 Å². The summed E-state index contributed by atoms with van der Waals surface area (Å²) in [6.07, 6.45) is 2.80. The molecule has 0 fully saturated rings. The number of benzene rings is 1. The number of hydrogen-bond acceptors (Lipinski definition) is 3. The summed E-state index contributed by atoms with van der Waals surface area (Å²) in [4.78, 5) is 12.5. The van der Waals surface area contributed by atoms with E-state index in [4.69, 9.17) is 4.42 Å². The maximum Gasteiger partial charge on any atom is 0.230 e. The van der Waals surface area contributed by atoms with E-state index in [-0.39, 0.29) is 12.3 Å². The summed E-state index contributed by atoms with van der Waals surface area (Å²) in [5.74, 6) is 0.716. The SMILES string of the molecule is CCc1c(C)nn(C)c1NC(=O)Cc1coc2cc(C)c(C)cc12.